The number of nitrogens with one attached hydrogen (secondary N) is 1. The number of anilines is 3. The summed E-state index contributed by atoms with van der Waals surface area (Å²) in [7, 11) is -3.42. The molecule has 2 aromatic carbocycles. The molecular weight excluding hydrogens is 398 g/mol. The highest BCUT2D eigenvalue weighted by Gasteiger charge is 2.18. The molecule has 30 heavy (non-hydrogen) atoms. The molecule has 1 amide bonds. The van der Waals surface area contributed by atoms with Crippen LogP contribution in [0.25, 0.3) is 0 Å². The first-order valence-electron chi connectivity index (χ1n) is 10.4. The highest BCUT2D eigenvalue weighted by Crippen LogP contribution is 2.23. The number of carbonyl (C=O) groups excluding carboxylic acids is 1. The van der Waals surface area contributed by atoms with Gasteiger partial charge in [0, 0.05) is 37.4 Å². The smallest absolute Gasteiger partial charge is 0.232 e. The van der Waals surface area contributed by atoms with Gasteiger partial charge in [-0.1, -0.05) is 6.07 Å². The number of carbonyl (C=O) groups is 1. The Morgan fingerprint density at radius 3 is 2.30 bits per heavy atom. The molecule has 162 valence electrons. The van der Waals surface area contributed by atoms with Gasteiger partial charge in [0.25, 0.3) is 0 Å². The minimum atomic E-state index is -3.42. The summed E-state index contributed by atoms with van der Waals surface area (Å²) in [6.07, 6.45) is 4.35. The fourth-order valence-electron chi connectivity index (χ4n) is 3.70. The first-order chi connectivity index (χ1) is 14.2. The number of nitrogens with zero attached hydrogens (tertiary/aromatic N) is 2. The molecule has 1 fully saturated rings. The van der Waals surface area contributed by atoms with Crippen molar-refractivity contribution in [1.82, 2.24) is 0 Å². The number of rotatable bonds is 8. The quantitative estimate of drug-likeness (QED) is 0.686. The lowest BCUT2D eigenvalue weighted by Crippen LogP contribution is -2.31. The van der Waals surface area contributed by atoms with Gasteiger partial charge in [0.1, 0.15) is 0 Å². The molecule has 1 aliphatic rings. The highest BCUT2D eigenvalue weighted by molar-refractivity contribution is 7.92. The van der Waals surface area contributed by atoms with Crippen LogP contribution in [-0.2, 0) is 14.8 Å². The Balaban J connectivity index is 1.54. The lowest BCUT2D eigenvalue weighted by Gasteiger charge is -2.23. The maximum Gasteiger partial charge on any atom is 0.232 e. The van der Waals surface area contributed by atoms with Crippen molar-refractivity contribution in [3.63, 3.8) is 0 Å². The molecule has 0 atom stereocenters. The number of amides is 1. The molecule has 1 saturated heterocycles. The van der Waals surface area contributed by atoms with Crippen molar-refractivity contribution in [2.45, 2.75) is 39.5 Å². The number of aryl methyl sites for hydroxylation is 2. The Kier molecular flexibility index (Phi) is 7.02. The Labute approximate surface area is 179 Å². The second-order valence-corrected chi connectivity index (χ2v) is 9.90. The van der Waals surface area contributed by atoms with Crippen LogP contribution in [0.3, 0.4) is 0 Å². The molecule has 2 aromatic rings. The maximum atomic E-state index is 12.3. The van der Waals surface area contributed by atoms with Crippen LogP contribution in [0.2, 0.25) is 0 Å². The summed E-state index contributed by atoms with van der Waals surface area (Å²) in [5.41, 5.74) is 4.73. The molecule has 0 radical (unpaired) electrons. The van der Waals surface area contributed by atoms with Gasteiger partial charge in [-0.05, 0) is 80.6 Å². The Morgan fingerprint density at radius 2 is 1.70 bits per heavy atom. The van der Waals surface area contributed by atoms with E-state index in [1.165, 1.54) is 29.1 Å². The van der Waals surface area contributed by atoms with E-state index in [-0.39, 0.29) is 18.9 Å². The van der Waals surface area contributed by atoms with E-state index < -0.39 is 10.0 Å². The molecule has 0 saturated carbocycles. The average Bonchev–Trinajstić information content (AvgIpc) is 3.22. The highest BCUT2D eigenvalue weighted by atomic mass is 32.2. The van der Waals surface area contributed by atoms with Crippen molar-refractivity contribution < 1.29 is 13.2 Å². The van der Waals surface area contributed by atoms with E-state index in [0.29, 0.717) is 12.1 Å². The first kappa shape index (κ1) is 22.2. The zero-order chi connectivity index (χ0) is 21.7. The summed E-state index contributed by atoms with van der Waals surface area (Å²) in [6.45, 7) is 6.39. The van der Waals surface area contributed by atoms with Gasteiger partial charge in [-0.15, -0.1) is 0 Å². The number of benzene rings is 2. The third-order valence-corrected chi connectivity index (χ3v) is 6.76. The summed E-state index contributed by atoms with van der Waals surface area (Å²) in [5.74, 6) is -0.113. The van der Waals surface area contributed by atoms with Crippen molar-refractivity contribution in [1.29, 1.82) is 0 Å². The maximum absolute atomic E-state index is 12.3. The van der Waals surface area contributed by atoms with Gasteiger partial charge >= 0.3 is 0 Å². The van der Waals surface area contributed by atoms with Crippen molar-refractivity contribution in [2.24, 2.45) is 0 Å². The first-order valence-corrected chi connectivity index (χ1v) is 12.3. The lowest BCUT2D eigenvalue weighted by atomic mass is 10.1. The fourth-order valence-corrected chi connectivity index (χ4v) is 4.66. The van der Waals surface area contributed by atoms with E-state index in [4.69, 9.17) is 0 Å². The van der Waals surface area contributed by atoms with Crippen LogP contribution in [0, 0.1) is 13.8 Å². The molecule has 0 bridgehead atoms. The van der Waals surface area contributed by atoms with Gasteiger partial charge in [-0.25, -0.2) is 8.42 Å². The predicted molar refractivity (Wildman–Crippen MR) is 124 cm³/mol. The van der Waals surface area contributed by atoms with Crippen LogP contribution >= 0.6 is 0 Å². The molecule has 0 aromatic heterocycles. The third kappa shape index (κ3) is 5.75. The number of sulfonamides is 1. The molecule has 0 aliphatic carbocycles. The van der Waals surface area contributed by atoms with Crippen LogP contribution < -0.4 is 14.5 Å². The Hall–Kier alpha value is -2.54. The van der Waals surface area contributed by atoms with E-state index in [9.17, 15) is 13.2 Å². The van der Waals surface area contributed by atoms with E-state index in [1.54, 1.807) is 0 Å². The van der Waals surface area contributed by atoms with Crippen LogP contribution in [0.4, 0.5) is 17.1 Å². The molecular formula is C23H31N3O3S. The largest absolute Gasteiger partial charge is 0.372 e. The zero-order valence-electron chi connectivity index (χ0n) is 18.0. The molecule has 1 aliphatic heterocycles. The third-order valence-electron chi connectivity index (χ3n) is 5.57. The summed E-state index contributed by atoms with van der Waals surface area (Å²) >= 11 is 0. The van der Waals surface area contributed by atoms with Gasteiger partial charge < -0.3 is 10.2 Å². The predicted octanol–water partition coefficient (Wildman–Crippen LogP) is 4.09. The topological polar surface area (TPSA) is 69.7 Å². The van der Waals surface area contributed by atoms with E-state index in [2.05, 4.69) is 10.2 Å². The second-order valence-electron chi connectivity index (χ2n) is 8.00. The Morgan fingerprint density at radius 1 is 1.03 bits per heavy atom. The second kappa shape index (κ2) is 9.51. The van der Waals surface area contributed by atoms with Crippen LogP contribution in [0.5, 0.6) is 0 Å². The van der Waals surface area contributed by atoms with Crippen LogP contribution in [0.1, 0.15) is 36.8 Å². The normalized spacial score (nSPS) is 14.0. The van der Waals surface area contributed by atoms with Crippen LogP contribution in [-0.4, -0.2) is 40.2 Å². The number of hydrogen-bond donors (Lipinski definition) is 1. The van der Waals surface area contributed by atoms with Gasteiger partial charge in [0.15, 0.2) is 0 Å². The lowest BCUT2D eigenvalue weighted by molar-refractivity contribution is -0.116. The summed E-state index contributed by atoms with van der Waals surface area (Å²) < 4.78 is 25.9. The van der Waals surface area contributed by atoms with Crippen molar-refractivity contribution in [2.75, 3.05) is 40.4 Å². The summed E-state index contributed by atoms with van der Waals surface area (Å²) in [6, 6.07) is 13.5. The molecule has 0 spiro atoms. The van der Waals surface area contributed by atoms with E-state index in [0.717, 1.165) is 29.9 Å². The molecule has 7 heteroatoms. The fraction of sp³-hybridized carbons (Fsp3) is 0.435. The standard InChI is InChI=1S/C23H31N3O3S/c1-18-8-11-22(17-19(18)2)26(30(3,28)29)16-6-7-23(27)24-20-9-12-21(13-10-20)25-14-4-5-15-25/h8-13,17H,4-7,14-16H2,1-3H3,(H,24,27). The molecule has 3 rings (SSSR count). The zero-order valence-corrected chi connectivity index (χ0v) is 18.8. The summed E-state index contributed by atoms with van der Waals surface area (Å²) in [4.78, 5) is 14.7. The minimum Gasteiger partial charge on any atom is -0.372 e. The minimum absolute atomic E-state index is 0.113. The number of hydrogen-bond acceptors (Lipinski definition) is 4. The van der Waals surface area contributed by atoms with Crippen molar-refractivity contribution >= 4 is 33.0 Å². The van der Waals surface area contributed by atoms with Gasteiger partial charge in [-0.3, -0.25) is 9.10 Å². The van der Waals surface area contributed by atoms with E-state index >= 15 is 0 Å². The Bertz CT molecular complexity index is 981. The average molecular weight is 430 g/mol. The monoisotopic (exact) mass is 429 g/mol. The summed E-state index contributed by atoms with van der Waals surface area (Å²) in [5, 5.41) is 2.90. The van der Waals surface area contributed by atoms with Gasteiger partial charge in [-0.2, -0.15) is 0 Å². The molecule has 6 nitrogen and oxygen atoms in total. The molecule has 0 unspecified atom stereocenters. The van der Waals surface area contributed by atoms with Crippen molar-refractivity contribution in [3.05, 3.63) is 53.6 Å². The SMILES string of the molecule is Cc1ccc(N(CCCC(=O)Nc2ccc(N3CCCC3)cc2)S(C)(=O)=O)cc1C. The molecule has 1 N–H and O–H groups in total. The van der Waals surface area contributed by atoms with Crippen molar-refractivity contribution in [3.8, 4) is 0 Å². The molecule has 1 heterocycles. The van der Waals surface area contributed by atoms with Gasteiger partial charge in [0.05, 0.1) is 11.9 Å². The van der Waals surface area contributed by atoms with E-state index in [1.807, 2.05) is 56.3 Å². The van der Waals surface area contributed by atoms with Crippen LogP contribution in [0.15, 0.2) is 42.5 Å². The van der Waals surface area contributed by atoms with Gasteiger partial charge in [0.2, 0.25) is 15.9 Å².